The van der Waals surface area contributed by atoms with Crippen LogP contribution in [0.5, 0.6) is 0 Å². The number of aliphatic hydroxyl groups excluding tert-OH is 1. The molecule has 182 valence electrons. The van der Waals surface area contributed by atoms with E-state index in [1.807, 2.05) is 18.2 Å². The number of rotatable bonds is 9. The lowest BCUT2D eigenvalue weighted by molar-refractivity contribution is -0.138. The summed E-state index contributed by atoms with van der Waals surface area (Å²) in [7, 11) is 0. The fraction of sp³-hybridized carbons (Fsp3) is 0.400. The summed E-state index contributed by atoms with van der Waals surface area (Å²) in [6.45, 7) is 2.45. The van der Waals surface area contributed by atoms with E-state index in [4.69, 9.17) is 16.6 Å². The molecule has 34 heavy (non-hydrogen) atoms. The van der Waals surface area contributed by atoms with Gasteiger partial charge in [-0.1, -0.05) is 30.3 Å². The van der Waals surface area contributed by atoms with E-state index in [9.17, 15) is 14.7 Å². The van der Waals surface area contributed by atoms with E-state index >= 15 is 0 Å². The van der Waals surface area contributed by atoms with Crippen LogP contribution in [-0.2, 0) is 17.8 Å². The average molecular weight is 468 g/mol. The summed E-state index contributed by atoms with van der Waals surface area (Å²) in [6.07, 6.45) is 3.14. The zero-order valence-electron chi connectivity index (χ0n) is 19.2. The van der Waals surface area contributed by atoms with Gasteiger partial charge >= 0.3 is 5.97 Å². The Balaban J connectivity index is 1.57. The van der Waals surface area contributed by atoms with E-state index in [1.165, 1.54) is 0 Å². The maximum absolute atomic E-state index is 12.5. The monoisotopic (exact) mass is 467 g/mol. The minimum Gasteiger partial charge on any atom is -0.480 e. The number of carbonyl (C=O) groups excluding carboxylic acids is 1. The molecule has 3 rings (SSSR count). The largest absolute Gasteiger partial charge is 0.480 e. The number of nitrogens with two attached hydrogens (primary N) is 2. The first-order valence-electron chi connectivity index (χ1n) is 11.5. The molecule has 0 aliphatic carbocycles. The van der Waals surface area contributed by atoms with Crippen molar-refractivity contribution in [3.8, 4) is 0 Å². The molecule has 0 radical (unpaired) electrons. The molecule has 1 heterocycles. The summed E-state index contributed by atoms with van der Waals surface area (Å²) in [5.41, 5.74) is 14.8. The van der Waals surface area contributed by atoms with E-state index in [2.05, 4.69) is 21.3 Å². The summed E-state index contributed by atoms with van der Waals surface area (Å²) in [5, 5.41) is 20.7. The number of carboxylic acid groups (broad SMARTS) is 1. The molecule has 2 aromatic rings. The number of hydrogen-bond acceptors (Lipinski definition) is 6. The molecule has 1 aliphatic rings. The van der Waals surface area contributed by atoms with Crippen LogP contribution in [-0.4, -0.2) is 53.8 Å². The highest BCUT2D eigenvalue weighted by molar-refractivity contribution is 6.05. The second-order valence-electron chi connectivity index (χ2n) is 8.57. The first-order chi connectivity index (χ1) is 16.4. The van der Waals surface area contributed by atoms with Crippen molar-refractivity contribution in [2.75, 3.05) is 24.6 Å². The fourth-order valence-corrected chi connectivity index (χ4v) is 4.13. The van der Waals surface area contributed by atoms with Gasteiger partial charge in [-0.05, 0) is 60.9 Å². The predicted molar refractivity (Wildman–Crippen MR) is 132 cm³/mol. The van der Waals surface area contributed by atoms with E-state index in [0.717, 1.165) is 49.2 Å². The van der Waals surface area contributed by atoms with Crippen molar-refractivity contribution >= 4 is 23.5 Å². The smallest absolute Gasteiger partial charge is 0.320 e. The molecule has 1 aliphatic heterocycles. The molecule has 7 N–H and O–H groups in total. The Morgan fingerprint density at radius 3 is 2.44 bits per heavy atom. The van der Waals surface area contributed by atoms with Crippen molar-refractivity contribution in [3.63, 3.8) is 0 Å². The second kappa shape index (κ2) is 12.2. The van der Waals surface area contributed by atoms with Gasteiger partial charge in [0.1, 0.15) is 6.04 Å². The Bertz CT molecular complexity index is 1000. The van der Waals surface area contributed by atoms with Crippen LogP contribution in [0.3, 0.4) is 0 Å². The maximum Gasteiger partial charge on any atom is 0.320 e. The van der Waals surface area contributed by atoms with Crippen LogP contribution >= 0.6 is 0 Å². The maximum atomic E-state index is 12.5. The molecule has 0 bridgehead atoms. The van der Waals surface area contributed by atoms with Gasteiger partial charge in [-0.3, -0.25) is 14.9 Å². The lowest BCUT2D eigenvalue weighted by Gasteiger charge is -2.34. The van der Waals surface area contributed by atoms with Gasteiger partial charge in [-0.2, -0.15) is 0 Å². The zero-order valence-corrected chi connectivity index (χ0v) is 19.2. The molecular weight excluding hydrogens is 434 g/mol. The zero-order chi connectivity index (χ0) is 24.5. The van der Waals surface area contributed by atoms with Crippen molar-refractivity contribution in [1.29, 1.82) is 0 Å². The topological polar surface area (TPSA) is 154 Å². The Kier molecular flexibility index (Phi) is 9.00. The van der Waals surface area contributed by atoms with Crippen molar-refractivity contribution < 1.29 is 19.8 Å². The van der Waals surface area contributed by atoms with Gasteiger partial charge in [0, 0.05) is 30.9 Å². The molecule has 1 amide bonds. The normalized spacial score (nSPS) is 15.7. The number of anilines is 1. The first kappa shape index (κ1) is 25.2. The van der Waals surface area contributed by atoms with Gasteiger partial charge in [0.2, 0.25) is 0 Å². The van der Waals surface area contributed by atoms with Gasteiger partial charge in [-0.15, -0.1) is 0 Å². The summed E-state index contributed by atoms with van der Waals surface area (Å²) in [6, 6.07) is 13.6. The second-order valence-corrected chi connectivity index (χ2v) is 8.57. The van der Waals surface area contributed by atoms with Crippen LogP contribution in [0.4, 0.5) is 5.69 Å². The number of piperidine rings is 1. The van der Waals surface area contributed by atoms with Crippen molar-refractivity contribution in [3.05, 3.63) is 65.2 Å². The number of carboxylic acids is 1. The van der Waals surface area contributed by atoms with E-state index in [1.54, 1.807) is 24.3 Å². The Morgan fingerprint density at radius 1 is 1.12 bits per heavy atom. The Morgan fingerprint density at radius 2 is 1.79 bits per heavy atom. The molecule has 1 fully saturated rings. The first-order valence-corrected chi connectivity index (χ1v) is 11.5. The number of amides is 1. The number of aliphatic hydroxyl groups is 1. The van der Waals surface area contributed by atoms with Crippen LogP contribution in [0.15, 0.2) is 53.5 Å². The quantitative estimate of drug-likeness (QED) is 0.276. The summed E-state index contributed by atoms with van der Waals surface area (Å²) in [5.74, 6) is -0.869. The molecule has 0 aromatic heterocycles. The van der Waals surface area contributed by atoms with Crippen molar-refractivity contribution in [2.24, 2.45) is 22.4 Å². The lowest BCUT2D eigenvalue weighted by Crippen LogP contribution is -2.37. The Labute approximate surface area is 199 Å². The standard InChI is InChI=1S/C25H33N5O4/c26-21(24(33)34)15-18-5-7-19(8-6-18)23(32)29-25(27)28-16-20-3-1-2-4-22(20)30-12-9-17(10-13-30)11-14-31/h1-8,17,21,31H,9-16,26H2,(H,33,34)(H3,27,28,29,32)/t21-/m0/s1. The number of benzene rings is 2. The molecule has 9 heteroatoms. The number of hydrogen-bond donors (Lipinski definition) is 5. The number of nitrogens with zero attached hydrogens (tertiary/aromatic N) is 2. The van der Waals surface area contributed by atoms with Gasteiger partial charge in [-0.25, -0.2) is 4.99 Å². The third kappa shape index (κ3) is 7.03. The number of nitrogens with one attached hydrogen (secondary N) is 1. The van der Waals surface area contributed by atoms with Gasteiger partial charge in [0.05, 0.1) is 6.54 Å². The van der Waals surface area contributed by atoms with Crippen LogP contribution in [0.2, 0.25) is 0 Å². The van der Waals surface area contributed by atoms with E-state index < -0.39 is 17.9 Å². The SMILES string of the molecule is NC(=NCc1ccccc1N1CCC(CCO)CC1)NC(=O)c1ccc(C[C@H](N)C(=O)O)cc1. The minimum absolute atomic E-state index is 0.0263. The number of para-hydroxylation sites is 1. The average Bonchev–Trinajstić information content (AvgIpc) is 2.84. The van der Waals surface area contributed by atoms with E-state index in [0.29, 0.717) is 18.0 Å². The third-order valence-electron chi connectivity index (χ3n) is 6.13. The summed E-state index contributed by atoms with van der Waals surface area (Å²) in [4.78, 5) is 30.1. The predicted octanol–water partition coefficient (Wildman–Crippen LogP) is 1.48. The molecule has 1 atom stereocenters. The summed E-state index contributed by atoms with van der Waals surface area (Å²) >= 11 is 0. The molecule has 0 saturated carbocycles. The highest BCUT2D eigenvalue weighted by atomic mass is 16.4. The van der Waals surface area contributed by atoms with Crippen molar-refractivity contribution in [2.45, 2.75) is 38.3 Å². The summed E-state index contributed by atoms with van der Waals surface area (Å²) < 4.78 is 0. The molecule has 9 nitrogen and oxygen atoms in total. The molecule has 2 aromatic carbocycles. The van der Waals surface area contributed by atoms with E-state index in [-0.39, 0.29) is 19.0 Å². The number of aliphatic carboxylic acids is 1. The van der Waals surface area contributed by atoms with Gasteiger partial charge in [0.15, 0.2) is 5.96 Å². The number of aliphatic imine (C=N–C) groups is 1. The number of guanidine groups is 1. The van der Waals surface area contributed by atoms with Crippen LogP contribution in [0.1, 0.15) is 40.7 Å². The highest BCUT2D eigenvalue weighted by Gasteiger charge is 2.20. The third-order valence-corrected chi connectivity index (χ3v) is 6.13. The van der Waals surface area contributed by atoms with Crippen LogP contribution < -0.4 is 21.7 Å². The molecule has 0 unspecified atom stereocenters. The van der Waals surface area contributed by atoms with Gasteiger partial charge < -0.3 is 26.6 Å². The highest BCUT2D eigenvalue weighted by Crippen LogP contribution is 2.28. The molecular formula is C25H33N5O4. The fourth-order valence-electron chi connectivity index (χ4n) is 4.13. The van der Waals surface area contributed by atoms with Crippen LogP contribution in [0.25, 0.3) is 0 Å². The van der Waals surface area contributed by atoms with Gasteiger partial charge in [0.25, 0.3) is 5.91 Å². The molecule has 1 saturated heterocycles. The molecule has 0 spiro atoms. The number of carbonyl (C=O) groups is 2. The van der Waals surface area contributed by atoms with Crippen LogP contribution in [0, 0.1) is 5.92 Å². The van der Waals surface area contributed by atoms with Crippen molar-refractivity contribution in [1.82, 2.24) is 5.32 Å². The minimum atomic E-state index is -1.07. The Hall–Kier alpha value is -3.43. The lowest BCUT2D eigenvalue weighted by atomic mass is 9.93.